The Morgan fingerprint density at radius 3 is 2.80 bits per heavy atom. The van der Waals surface area contributed by atoms with E-state index in [1.807, 2.05) is 0 Å². The van der Waals surface area contributed by atoms with Gasteiger partial charge in [-0.2, -0.15) is 0 Å². The number of morpholine rings is 1. The molecule has 0 radical (unpaired) electrons. The molecule has 2 atom stereocenters. The first kappa shape index (κ1) is 15.3. The molecule has 1 aliphatic rings. The predicted molar refractivity (Wildman–Crippen MR) is 83.2 cm³/mol. The molecule has 0 bridgehead atoms. The highest BCUT2D eigenvalue weighted by molar-refractivity contribution is 5.43. The highest BCUT2D eigenvalue weighted by Gasteiger charge is 2.24. The summed E-state index contributed by atoms with van der Waals surface area (Å²) in [4.78, 5) is 7.14. The van der Waals surface area contributed by atoms with Gasteiger partial charge in [0.25, 0.3) is 0 Å². The van der Waals surface area contributed by atoms with E-state index in [1.165, 1.54) is 5.56 Å². The van der Waals surface area contributed by atoms with Crippen molar-refractivity contribution >= 4 is 5.82 Å². The maximum absolute atomic E-state index is 5.68. The molecule has 1 saturated heterocycles. The second-order valence-corrected chi connectivity index (χ2v) is 6.09. The van der Waals surface area contributed by atoms with Crippen molar-refractivity contribution in [2.75, 3.05) is 18.1 Å². The van der Waals surface area contributed by atoms with Crippen LogP contribution in [-0.2, 0) is 11.3 Å². The first-order chi connectivity index (χ1) is 9.47. The highest BCUT2D eigenvalue weighted by atomic mass is 16.5. The Morgan fingerprint density at radius 2 is 2.15 bits per heavy atom. The van der Waals surface area contributed by atoms with Gasteiger partial charge >= 0.3 is 0 Å². The Kier molecular flexibility index (Phi) is 5.00. The van der Waals surface area contributed by atoms with E-state index < -0.39 is 0 Å². The standard InChI is InChI=1S/C16H27N3O/c1-11(2)17-8-15-6-7-16(18-14(15)5)19-9-13(4)20-10-12(19)3/h6-7,11-13,17H,8-10H2,1-5H3. The topological polar surface area (TPSA) is 37.4 Å². The van der Waals surface area contributed by atoms with Gasteiger partial charge < -0.3 is 15.0 Å². The van der Waals surface area contributed by atoms with Crippen molar-refractivity contribution in [2.24, 2.45) is 0 Å². The second-order valence-electron chi connectivity index (χ2n) is 6.09. The Morgan fingerprint density at radius 1 is 1.40 bits per heavy atom. The van der Waals surface area contributed by atoms with Crippen LogP contribution in [0.25, 0.3) is 0 Å². The lowest BCUT2D eigenvalue weighted by molar-refractivity contribution is 0.0340. The third-order valence-corrected chi connectivity index (χ3v) is 3.78. The Hall–Kier alpha value is -1.13. The highest BCUT2D eigenvalue weighted by Crippen LogP contribution is 2.21. The number of ether oxygens (including phenoxy) is 1. The minimum Gasteiger partial charge on any atom is -0.375 e. The largest absolute Gasteiger partial charge is 0.375 e. The van der Waals surface area contributed by atoms with Crippen LogP contribution in [-0.4, -0.2) is 36.3 Å². The summed E-state index contributed by atoms with van der Waals surface area (Å²) in [6, 6.07) is 5.21. The van der Waals surface area contributed by atoms with E-state index in [0.29, 0.717) is 12.1 Å². The predicted octanol–water partition coefficient (Wildman–Crippen LogP) is 2.50. The molecular formula is C16H27N3O. The number of aryl methyl sites for hydroxylation is 1. The van der Waals surface area contributed by atoms with Crippen LogP contribution in [0.5, 0.6) is 0 Å². The van der Waals surface area contributed by atoms with Crippen LogP contribution in [0.1, 0.15) is 39.0 Å². The minimum absolute atomic E-state index is 0.274. The summed E-state index contributed by atoms with van der Waals surface area (Å²) in [6.07, 6.45) is 0.274. The minimum atomic E-state index is 0.274. The third kappa shape index (κ3) is 3.70. The van der Waals surface area contributed by atoms with Gasteiger partial charge in [-0.05, 0) is 32.4 Å². The van der Waals surface area contributed by atoms with Crippen LogP contribution in [0.2, 0.25) is 0 Å². The van der Waals surface area contributed by atoms with Gasteiger partial charge in [0, 0.05) is 24.8 Å². The van der Waals surface area contributed by atoms with Gasteiger partial charge in [0.2, 0.25) is 0 Å². The average Bonchev–Trinajstić information content (AvgIpc) is 2.40. The summed E-state index contributed by atoms with van der Waals surface area (Å²) < 4.78 is 5.68. The van der Waals surface area contributed by atoms with Gasteiger partial charge in [0.15, 0.2) is 0 Å². The molecular weight excluding hydrogens is 250 g/mol. The van der Waals surface area contributed by atoms with Crippen LogP contribution < -0.4 is 10.2 Å². The van der Waals surface area contributed by atoms with E-state index in [-0.39, 0.29) is 6.10 Å². The van der Waals surface area contributed by atoms with Gasteiger partial charge in [-0.25, -0.2) is 4.98 Å². The molecule has 0 aromatic carbocycles. The second kappa shape index (κ2) is 6.55. The summed E-state index contributed by atoms with van der Waals surface area (Å²) in [5.41, 5.74) is 2.39. The lowest BCUT2D eigenvalue weighted by Crippen LogP contribution is -2.47. The molecule has 0 saturated carbocycles. The molecule has 0 aliphatic carbocycles. The Balaban J connectivity index is 2.11. The number of hydrogen-bond donors (Lipinski definition) is 1. The maximum atomic E-state index is 5.68. The zero-order valence-electron chi connectivity index (χ0n) is 13.3. The number of rotatable bonds is 4. The molecule has 112 valence electrons. The number of hydrogen-bond acceptors (Lipinski definition) is 4. The van der Waals surface area contributed by atoms with Gasteiger partial charge in [0.1, 0.15) is 5.82 Å². The number of anilines is 1. The summed E-state index contributed by atoms with van der Waals surface area (Å²) in [7, 11) is 0. The van der Waals surface area contributed by atoms with E-state index in [4.69, 9.17) is 9.72 Å². The van der Waals surface area contributed by atoms with Crippen molar-refractivity contribution in [1.29, 1.82) is 0 Å². The van der Waals surface area contributed by atoms with Crippen molar-refractivity contribution in [3.63, 3.8) is 0 Å². The monoisotopic (exact) mass is 277 g/mol. The van der Waals surface area contributed by atoms with Gasteiger partial charge in [-0.3, -0.25) is 0 Å². The molecule has 1 N–H and O–H groups in total. The van der Waals surface area contributed by atoms with Crippen LogP contribution in [0, 0.1) is 6.92 Å². The molecule has 4 nitrogen and oxygen atoms in total. The van der Waals surface area contributed by atoms with Gasteiger partial charge in [0.05, 0.1) is 18.8 Å². The van der Waals surface area contributed by atoms with Crippen LogP contribution in [0.4, 0.5) is 5.82 Å². The SMILES string of the molecule is Cc1nc(N2CC(C)OCC2C)ccc1CNC(C)C. The Labute approximate surface area is 122 Å². The zero-order chi connectivity index (χ0) is 14.7. The van der Waals surface area contributed by atoms with E-state index in [2.05, 4.69) is 57.0 Å². The van der Waals surface area contributed by atoms with Gasteiger partial charge in [-0.15, -0.1) is 0 Å². The fraction of sp³-hybridized carbons (Fsp3) is 0.688. The van der Waals surface area contributed by atoms with Crippen molar-refractivity contribution < 1.29 is 4.74 Å². The van der Waals surface area contributed by atoms with Gasteiger partial charge in [-0.1, -0.05) is 19.9 Å². The average molecular weight is 277 g/mol. The quantitative estimate of drug-likeness (QED) is 0.917. The molecule has 20 heavy (non-hydrogen) atoms. The van der Waals surface area contributed by atoms with Crippen molar-refractivity contribution in [1.82, 2.24) is 10.3 Å². The lowest BCUT2D eigenvalue weighted by Gasteiger charge is -2.37. The first-order valence-electron chi connectivity index (χ1n) is 7.55. The summed E-state index contributed by atoms with van der Waals surface area (Å²) in [5, 5.41) is 3.44. The maximum Gasteiger partial charge on any atom is 0.129 e. The Bertz CT molecular complexity index is 447. The van der Waals surface area contributed by atoms with Crippen LogP contribution in [0.3, 0.4) is 0 Å². The summed E-state index contributed by atoms with van der Waals surface area (Å²) >= 11 is 0. The first-order valence-corrected chi connectivity index (χ1v) is 7.55. The molecule has 2 unspecified atom stereocenters. The van der Waals surface area contributed by atoms with Crippen molar-refractivity contribution in [2.45, 2.75) is 59.4 Å². The molecule has 1 aromatic heterocycles. The van der Waals surface area contributed by atoms with E-state index >= 15 is 0 Å². The smallest absolute Gasteiger partial charge is 0.129 e. The number of aromatic nitrogens is 1. The van der Waals surface area contributed by atoms with Crippen molar-refractivity contribution in [3.05, 3.63) is 23.4 Å². The van der Waals surface area contributed by atoms with E-state index in [9.17, 15) is 0 Å². The normalized spacial score (nSPS) is 23.4. The molecule has 0 spiro atoms. The molecule has 2 rings (SSSR count). The van der Waals surface area contributed by atoms with Crippen LogP contribution in [0.15, 0.2) is 12.1 Å². The number of nitrogens with one attached hydrogen (secondary N) is 1. The fourth-order valence-corrected chi connectivity index (χ4v) is 2.46. The summed E-state index contributed by atoms with van der Waals surface area (Å²) in [5.74, 6) is 1.07. The molecule has 1 fully saturated rings. The zero-order valence-corrected chi connectivity index (χ0v) is 13.3. The molecule has 0 amide bonds. The van der Waals surface area contributed by atoms with E-state index in [0.717, 1.165) is 31.2 Å². The number of pyridine rings is 1. The van der Waals surface area contributed by atoms with E-state index in [1.54, 1.807) is 0 Å². The molecule has 4 heteroatoms. The number of nitrogens with zero attached hydrogens (tertiary/aromatic N) is 2. The molecule has 2 heterocycles. The van der Waals surface area contributed by atoms with Crippen molar-refractivity contribution in [3.8, 4) is 0 Å². The summed E-state index contributed by atoms with van der Waals surface area (Å²) in [6.45, 7) is 13.3. The van der Waals surface area contributed by atoms with Crippen LogP contribution >= 0.6 is 0 Å². The molecule has 1 aliphatic heterocycles. The molecule has 1 aromatic rings. The fourth-order valence-electron chi connectivity index (χ4n) is 2.46. The lowest BCUT2D eigenvalue weighted by atomic mass is 10.1. The third-order valence-electron chi connectivity index (χ3n) is 3.78.